The average Bonchev–Trinajstić information content (AvgIpc) is 2.86. The van der Waals surface area contributed by atoms with Crippen LogP contribution in [0.1, 0.15) is 40.5 Å². The first-order chi connectivity index (χ1) is 12.3. The van der Waals surface area contributed by atoms with Gasteiger partial charge in [-0.3, -0.25) is 9.59 Å². The molecule has 1 N–H and O–H groups in total. The van der Waals surface area contributed by atoms with Crippen molar-refractivity contribution >= 4 is 11.8 Å². The monoisotopic (exact) mass is 360 g/mol. The summed E-state index contributed by atoms with van der Waals surface area (Å²) in [6, 6.07) is 0. The van der Waals surface area contributed by atoms with Gasteiger partial charge in [-0.25, -0.2) is 0 Å². The molecule has 0 aromatic rings. The molecule has 0 radical (unpaired) electrons. The first-order valence-corrected chi connectivity index (χ1v) is 9.93. The van der Waals surface area contributed by atoms with Gasteiger partial charge in [-0.2, -0.15) is 0 Å². The summed E-state index contributed by atoms with van der Waals surface area (Å²) in [7, 11) is 0. The van der Waals surface area contributed by atoms with Crippen LogP contribution in [0.3, 0.4) is 0 Å². The molecule has 4 rings (SSSR count). The highest BCUT2D eigenvalue weighted by Gasteiger charge is 2.55. The molecule has 4 aliphatic rings. The Hall–Kier alpha value is -1.46. The minimum absolute atomic E-state index is 0.0547. The van der Waals surface area contributed by atoms with Gasteiger partial charge in [0.25, 0.3) is 0 Å². The number of morpholine rings is 1. The topological polar surface area (TPSA) is 57.0 Å². The molecule has 5 heteroatoms. The van der Waals surface area contributed by atoms with E-state index in [9.17, 15) is 9.59 Å². The molecule has 0 amide bonds. The van der Waals surface area contributed by atoms with Gasteiger partial charge >= 0.3 is 5.97 Å². The number of quaternary nitrogens is 1. The van der Waals surface area contributed by atoms with Crippen molar-refractivity contribution in [1.29, 1.82) is 0 Å². The number of rotatable bonds is 2. The number of esters is 1. The van der Waals surface area contributed by atoms with Gasteiger partial charge in [-0.15, -0.1) is 0 Å². The predicted molar refractivity (Wildman–Crippen MR) is 96.6 cm³/mol. The van der Waals surface area contributed by atoms with E-state index in [1.165, 1.54) is 4.90 Å². The molecule has 0 aromatic carbocycles. The van der Waals surface area contributed by atoms with E-state index in [1.54, 1.807) is 6.08 Å². The van der Waals surface area contributed by atoms with E-state index in [0.717, 1.165) is 43.6 Å². The molecule has 1 unspecified atom stereocenters. The SMILES string of the molecule is CC1=C2[C@H]3OC(=O)[C@@H](C[NH+]4C[C@@H](C)O[C@@H](C)C4)[C@@H]3CC[C@@]2(C)C=CC1=O. The summed E-state index contributed by atoms with van der Waals surface area (Å²) in [5.74, 6) is 0.101. The fourth-order valence-corrected chi connectivity index (χ4v) is 5.67. The minimum atomic E-state index is -0.226. The van der Waals surface area contributed by atoms with Gasteiger partial charge in [-0.1, -0.05) is 13.0 Å². The number of nitrogens with one attached hydrogen (secondary N) is 1. The van der Waals surface area contributed by atoms with Gasteiger partial charge in [0.05, 0.1) is 6.54 Å². The Morgan fingerprint density at radius 1 is 1.23 bits per heavy atom. The molecule has 3 fully saturated rings. The summed E-state index contributed by atoms with van der Waals surface area (Å²) in [5, 5.41) is 0. The largest absolute Gasteiger partial charge is 0.457 e. The molecule has 2 saturated heterocycles. The molecule has 0 bridgehead atoms. The summed E-state index contributed by atoms with van der Waals surface area (Å²) >= 11 is 0. The van der Waals surface area contributed by atoms with Crippen LogP contribution in [-0.4, -0.2) is 49.7 Å². The van der Waals surface area contributed by atoms with Crippen molar-refractivity contribution in [3.8, 4) is 0 Å². The molecular formula is C21H30NO4+. The highest BCUT2D eigenvalue weighted by Crippen LogP contribution is 2.52. The minimum Gasteiger partial charge on any atom is -0.457 e. The third kappa shape index (κ3) is 2.85. The Balaban J connectivity index is 1.57. The zero-order chi connectivity index (χ0) is 18.6. The van der Waals surface area contributed by atoms with Crippen molar-refractivity contribution in [2.24, 2.45) is 17.3 Å². The van der Waals surface area contributed by atoms with Gasteiger partial charge in [0.15, 0.2) is 5.78 Å². The number of ketones is 1. The number of fused-ring (bicyclic) bond motifs is 3. The van der Waals surface area contributed by atoms with Crippen LogP contribution in [0.2, 0.25) is 0 Å². The number of carbonyl (C=O) groups is 2. The molecule has 0 aromatic heterocycles. The molecule has 2 aliphatic heterocycles. The second-order valence-electron chi connectivity index (χ2n) is 8.94. The summed E-state index contributed by atoms with van der Waals surface area (Å²) < 4.78 is 11.7. The maximum absolute atomic E-state index is 12.8. The van der Waals surface area contributed by atoms with Crippen LogP contribution in [0, 0.1) is 17.3 Å². The summed E-state index contributed by atoms with van der Waals surface area (Å²) in [5.41, 5.74) is 1.68. The Morgan fingerprint density at radius 2 is 1.92 bits per heavy atom. The predicted octanol–water partition coefficient (Wildman–Crippen LogP) is 1.09. The molecule has 7 atom stereocenters. The Labute approximate surface area is 155 Å². The summed E-state index contributed by atoms with van der Waals surface area (Å²) in [4.78, 5) is 26.4. The van der Waals surface area contributed by atoms with Crippen LogP contribution >= 0.6 is 0 Å². The highest BCUT2D eigenvalue weighted by molar-refractivity contribution is 6.05. The van der Waals surface area contributed by atoms with E-state index < -0.39 is 0 Å². The fourth-order valence-electron chi connectivity index (χ4n) is 5.67. The maximum atomic E-state index is 12.8. The van der Waals surface area contributed by atoms with Crippen LogP contribution < -0.4 is 4.90 Å². The smallest absolute Gasteiger partial charge is 0.315 e. The van der Waals surface area contributed by atoms with Gasteiger partial charge in [0, 0.05) is 16.9 Å². The van der Waals surface area contributed by atoms with Gasteiger partial charge < -0.3 is 14.4 Å². The van der Waals surface area contributed by atoms with Crippen LogP contribution in [0.4, 0.5) is 0 Å². The van der Waals surface area contributed by atoms with E-state index in [-0.39, 0.29) is 47.3 Å². The van der Waals surface area contributed by atoms with Gasteiger partial charge in [-0.05, 0) is 45.3 Å². The number of carbonyl (C=O) groups excluding carboxylic acids is 2. The highest BCUT2D eigenvalue weighted by atomic mass is 16.6. The third-order valence-corrected chi connectivity index (χ3v) is 6.85. The van der Waals surface area contributed by atoms with Crippen molar-refractivity contribution in [3.63, 3.8) is 0 Å². The third-order valence-electron chi connectivity index (χ3n) is 6.85. The summed E-state index contributed by atoms with van der Waals surface area (Å²) in [6.07, 6.45) is 5.88. The van der Waals surface area contributed by atoms with Crippen LogP contribution in [-0.2, 0) is 19.1 Å². The zero-order valence-electron chi connectivity index (χ0n) is 16.2. The van der Waals surface area contributed by atoms with Crippen molar-refractivity contribution in [3.05, 3.63) is 23.3 Å². The van der Waals surface area contributed by atoms with Crippen LogP contribution in [0.5, 0.6) is 0 Å². The Morgan fingerprint density at radius 3 is 2.62 bits per heavy atom. The number of ether oxygens (including phenoxy) is 2. The standard InChI is InChI=1S/C21H29NO4/c1-12-9-22(10-13(2)25-12)11-16-15-5-7-21(4)8-6-17(23)14(3)18(21)19(15)26-20(16)24/h6,8,12-13,15-16,19H,5,7,9-11H2,1-4H3/p+1/t12-,13+,15-,16-,19-,21-/m0/s1. The Bertz CT molecular complexity index is 686. The summed E-state index contributed by atoms with van der Waals surface area (Å²) in [6.45, 7) is 10.9. The molecule has 1 saturated carbocycles. The Kier molecular flexibility index (Phi) is 4.35. The fraction of sp³-hybridized carbons (Fsp3) is 0.714. The molecule has 142 valence electrons. The lowest BCUT2D eigenvalue weighted by molar-refractivity contribution is -0.917. The zero-order valence-corrected chi connectivity index (χ0v) is 16.2. The van der Waals surface area contributed by atoms with E-state index in [1.807, 2.05) is 13.0 Å². The number of allylic oxidation sites excluding steroid dienone is 3. The normalized spacial score (nSPS) is 45.4. The second-order valence-corrected chi connectivity index (χ2v) is 8.94. The second kappa shape index (κ2) is 6.31. The average molecular weight is 360 g/mol. The van der Waals surface area contributed by atoms with Gasteiger partial charge in [0.2, 0.25) is 0 Å². The molecule has 2 aliphatic carbocycles. The quantitative estimate of drug-likeness (QED) is 0.749. The lowest BCUT2D eigenvalue weighted by atomic mass is 9.61. The van der Waals surface area contributed by atoms with Crippen LogP contribution in [0.25, 0.3) is 0 Å². The van der Waals surface area contributed by atoms with E-state index >= 15 is 0 Å². The van der Waals surface area contributed by atoms with Crippen molar-refractivity contribution in [1.82, 2.24) is 0 Å². The van der Waals surface area contributed by atoms with E-state index in [4.69, 9.17) is 9.47 Å². The van der Waals surface area contributed by atoms with Gasteiger partial charge in [0.1, 0.15) is 37.3 Å². The lowest BCUT2D eigenvalue weighted by Gasteiger charge is -2.43. The molecule has 26 heavy (non-hydrogen) atoms. The van der Waals surface area contributed by atoms with E-state index in [2.05, 4.69) is 20.8 Å². The molecule has 2 heterocycles. The maximum Gasteiger partial charge on any atom is 0.315 e. The van der Waals surface area contributed by atoms with Crippen molar-refractivity contribution in [2.75, 3.05) is 19.6 Å². The first-order valence-electron chi connectivity index (χ1n) is 9.93. The van der Waals surface area contributed by atoms with Crippen molar-refractivity contribution in [2.45, 2.75) is 58.8 Å². The molecule has 5 nitrogen and oxygen atoms in total. The first kappa shape index (κ1) is 17.9. The number of hydrogen-bond acceptors (Lipinski definition) is 4. The number of hydrogen-bond donors (Lipinski definition) is 1. The lowest BCUT2D eigenvalue weighted by Crippen LogP contribution is -3.16. The molecular weight excluding hydrogens is 330 g/mol. The van der Waals surface area contributed by atoms with E-state index in [0.29, 0.717) is 0 Å². The van der Waals surface area contributed by atoms with Crippen molar-refractivity contribution < 1.29 is 24.0 Å². The molecule has 0 spiro atoms. The van der Waals surface area contributed by atoms with Crippen LogP contribution in [0.15, 0.2) is 23.3 Å².